The average molecular weight is 377 g/mol. The minimum absolute atomic E-state index is 0.189. The van der Waals surface area contributed by atoms with E-state index in [0.29, 0.717) is 35.3 Å². The van der Waals surface area contributed by atoms with Gasteiger partial charge in [0.05, 0.1) is 24.2 Å². The maximum atomic E-state index is 12.4. The van der Waals surface area contributed by atoms with Gasteiger partial charge in [0.25, 0.3) is 5.91 Å². The summed E-state index contributed by atoms with van der Waals surface area (Å²) in [5.41, 5.74) is 7.59. The van der Waals surface area contributed by atoms with Gasteiger partial charge in [0.1, 0.15) is 5.52 Å². The third kappa shape index (κ3) is 4.03. The number of fused-ring (bicyclic) bond motifs is 1. The molecule has 7 heteroatoms. The Labute approximate surface area is 163 Å². The lowest BCUT2D eigenvalue weighted by atomic mass is 9.90. The number of hydrogen-bond acceptors (Lipinski definition) is 6. The number of nitrogens with two attached hydrogens (primary N) is 1. The first-order chi connectivity index (χ1) is 13.7. The zero-order valence-electron chi connectivity index (χ0n) is 15.6. The summed E-state index contributed by atoms with van der Waals surface area (Å²) < 4.78 is 5.98. The Bertz CT molecular complexity index is 985. The highest BCUT2D eigenvalue weighted by Gasteiger charge is 2.16. The van der Waals surface area contributed by atoms with Crippen LogP contribution in [-0.2, 0) is 0 Å². The lowest BCUT2D eigenvalue weighted by molar-refractivity contribution is 0.102. The molecule has 0 bridgehead atoms. The van der Waals surface area contributed by atoms with Gasteiger partial charge in [-0.05, 0) is 43.0 Å². The van der Waals surface area contributed by atoms with E-state index >= 15 is 0 Å². The van der Waals surface area contributed by atoms with Crippen LogP contribution in [0.25, 0.3) is 10.9 Å². The van der Waals surface area contributed by atoms with Gasteiger partial charge in [0.15, 0.2) is 5.69 Å². The number of carbonyl (C=O) groups is 1. The summed E-state index contributed by atoms with van der Waals surface area (Å²) in [7, 11) is 0. The molecule has 3 aromatic rings. The molecule has 4 rings (SSSR count). The monoisotopic (exact) mass is 377 g/mol. The second-order valence-corrected chi connectivity index (χ2v) is 7.12. The number of anilines is 2. The van der Waals surface area contributed by atoms with Gasteiger partial charge in [-0.2, -0.15) is 0 Å². The van der Waals surface area contributed by atoms with Crippen molar-refractivity contribution in [2.45, 2.75) is 32.1 Å². The predicted octanol–water partition coefficient (Wildman–Crippen LogP) is 3.82. The van der Waals surface area contributed by atoms with Gasteiger partial charge in [-0.25, -0.2) is 15.0 Å². The Hall–Kier alpha value is -3.22. The predicted molar refractivity (Wildman–Crippen MR) is 108 cm³/mol. The smallest absolute Gasteiger partial charge is 0.276 e. The Morgan fingerprint density at radius 2 is 2.00 bits per heavy atom. The van der Waals surface area contributed by atoms with Crippen LogP contribution in [0.2, 0.25) is 0 Å². The highest BCUT2D eigenvalue weighted by molar-refractivity contribution is 6.06. The van der Waals surface area contributed by atoms with E-state index in [2.05, 4.69) is 20.3 Å². The van der Waals surface area contributed by atoms with E-state index in [-0.39, 0.29) is 11.6 Å². The van der Waals surface area contributed by atoms with E-state index in [4.69, 9.17) is 10.5 Å². The highest BCUT2D eigenvalue weighted by Crippen LogP contribution is 2.27. The summed E-state index contributed by atoms with van der Waals surface area (Å²) in [6, 6.07) is 7.02. The van der Waals surface area contributed by atoms with E-state index in [9.17, 15) is 4.79 Å². The third-order valence-corrected chi connectivity index (χ3v) is 5.06. The van der Waals surface area contributed by atoms with E-state index in [1.807, 2.05) is 12.1 Å². The summed E-state index contributed by atoms with van der Waals surface area (Å²) in [4.78, 5) is 25.2. The number of carbonyl (C=O) groups excluding carboxylic acids is 1. The van der Waals surface area contributed by atoms with Gasteiger partial charge >= 0.3 is 0 Å². The number of ether oxygens (including phenoxy) is 1. The molecule has 0 spiro atoms. The first-order valence-electron chi connectivity index (χ1n) is 9.60. The highest BCUT2D eigenvalue weighted by atomic mass is 16.5. The van der Waals surface area contributed by atoms with Crippen LogP contribution in [0.3, 0.4) is 0 Å². The average Bonchev–Trinajstić information content (AvgIpc) is 2.73. The zero-order chi connectivity index (χ0) is 19.3. The quantitative estimate of drug-likeness (QED) is 0.701. The van der Waals surface area contributed by atoms with E-state index in [0.717, 1.165) is 5.39 Å². The number of amides is 1. The number of nitrogens with one attached hydrogen (secondary N) is 1. The Morgan fingerprint density at radius 3 is 2.82 bits per heavy atom. The number of hydrogen-bond donors (Lipinski definition) is 2. The standard InChI is InChI=1S/C21H23N5O2/c22-17-7-4-9-23-19(17)20(27)26-16-11-15-8-10-24-21(18(15)25-12-16)28-13-14-5-2-1-3-6-14/h4,7-12,14H,1-3,5-6,13,22H2,(H,26,27). The van der Waals surface area contributed by atoms with Gasteiger partial charge in [-0.3, -0.25) is 4.79 Å². The molecule has 1 fully saturated rings. The van der Waals surface area contributed by atoms with Crippen LogP contribution in [0.5, 0.6) is 5.88 Å². The fourth-order valence-electron chi connectivity index (χ4n) is 3.56. The molecule has 0 unspecified atom stereocenters. The molecule has 3 heterocycles. The number of pyridine rings is 3. The zero-order valence-corrected chi connectivity index (χ0v) is 15.6. The van der Waals surface area contributed by atoms with Crippen molar-refractivity contribution in [2.24, 2.45) is 5.92 Å². The molecule has 0 radical (unpaired) electrons. The SMILES string of the molecule is Nc1cccnc1C(=O)Nc1cnc2c(OCC3CCCCC3)nccc2c1. The van der Waals surface area contributed by atoms with Gasteiger partial charge in [0, 0.05) is 17.8 Å². The largest absolute Gasteiger partial charge is 0.476 e. The number of rotatable bonds is 5. The van der Waals surface area contributed by atoms with Crippen molar-refractivity contribution in [1.82, 2.24) is 15.0 Å². The van der Waals surface area contributed by atoms with Crippen molar-refractivity contribution in [3.05, 3.63) is 48.5 Å². The van der Waals surface area contributed by atoms with Crippen molar-refractivity contribution in [3.63, 3.8) is 0 Å². The molecule has 3 N–H and O–H groups in total. The number of aromatic nitrogens is 3. The Kier molecular flexibility index (Phi) is 5.32. The summed E-state index contributed by atoms with van der Waals surface area (Å²) >= 11 is 0. The molecule has 7 nitrogen and oxygen atoms in total. The van der Waals surface area contributed by atoms with Crippen molar-refractivity contribution in [2.75, 3.05) is 17.7 Å². The molecule has 0 saturated heterocycles. The molecule has 0 aliphatic heterocycles. The molecule has 1 amide bonds. The van der Waals surface area contributed by atoms with Gasteiger partial charge in [-0.15, -0.1) is 0 Å². The lowest BCUT2D eigenvalue weighted by Gasteiger charge is -2.21. The first kappa shape index (κ1) is 18.2. The molecule has 1 aliphatic rings. The first-order valence-corrected chi connectivity index (χ1v) is 9.60. The normalized spacial score (nSPS) is 14.7. The van der Waals surface area contributed by atoms with Crippen molar-refractivity contribution >= 4 is 28.2 Å². The fraction of sp³-hybridized carbons (Fsp3) is 0.333. The maximum Gasteiger partial charge on any atom is 0.276 e. The number of nitrogens with zero attached hydrogens (tertiary/aromatic N) is 3. The van der Waals surface area contributed by atoms with Crippen LogP contribution in [0, 0.1) is 5.92 Å². The van der Waals surface area contributed by atoms with E-state index < -0.39 is 0 Å². The van der Waals surface area contributed by atoms with Gasteiger partial charge in [0.2, 0.25) is 5.88 Å². The van der Waals surface area contributed by atoms with Crippen LogP contribution in [0.1, 0.15) is 42.6 Å². The van der Waals surface area contributed by atoms with Gasteiger partial charge in [-0.1, -0.05) is 19.3 Å². The van der Waals surface area contributed by atoms with Crippen molar-refractivity contribution in [3.8, 4) is 5.88 Å². The van der Waals surface area contributed by atoms with E-state index in [1.54, 1.807) is 24.5 Å². The van der Waals surface area contributed by atoms with Crippen molar-refractivity contribution < 1.29 is 9.53 Å². The topological polar surface area (TPSA) is 103 Å². The molecule has 1 aliphatic carbocycles. The summed E-state index contributed by atoms with van der Waals surface area (Å²) in [5, 5.41) is 3.64. The Balaban J connectivity index is 1.50. The minimum Gasteiger partial charge on any atom is -0.476 e. The molecule has 28 heavy (non-hydrogen) atoms. The van der Waals surface area contributed by atoms with Crippen LogP contribution in [0.4, 0.5) is 11.4 Å². The van der Waals surface area contributed by atoms with Gasteiger partial charge < -0.3 is 15.8 Å². The van der Waals surface area contributed by atoms with Crippen LogP contribution >= 0.6 is 0 Å². The summed E-state index contributed by atoms with van der Waals surface area (Å²) in [6.07, 6.45) is 11.1. The Morgan fingerprint density at radius 1 is 1.14 bits per heavy atom. The molecule has 0 aromatic carbocycles. The van der Waals surface area contributed by atoms with Crippen LogP contribution in [0.15, 0.2) is 42.9 Å². The molecule has 0 atom stereocenters. The second kappa shape index (κ2) is 8.21. The van der Waals surface area contributed by atoms with Crippen LogP contribution in [-0.4, -0.2) is 27.5 Å². The van der Waals surface area contributed by atoms with Crippen LogP contribution < -0.4 is 15.8 Å². The van der Waals surface area contributed by atoms with E-state index in [1.165, 1.54) is 38.3 Å². The second-order valence-electron chi connectivity index (χ2n) is 7.12. The maximum absolute atomic E-state index is 12.4. The van der Waals surface area contributed by atoms with Crippen molar-refractivity contribution in [1.29, 1.82) is 0 Å². The molecule has 144 valence electrons. The fourth-order valence-corrected chi connectivity index (χ4v) is 3.56. The molecule has 3 aromatic heterocycles. The molecular weight excluding hydrogens is 354 g/mol. The third-order valence-electron chi connectivity index (χ3n) is 5.06. The lowest BCUT2D eigenvalue weighted by Crippen LogP contribution is -2.16. The summed E-state index contributed by atoms with van der Waals surface area (Å²) in [6.45, 7) is 0.672. The minimum atomic E-state index is -0.373. The number of nitrogen functional groups attached to an aromatic ring is 1. The summed E-state index contributed by atoms with van der Waals surface area (Å²) in [5.74, 6) is 0.755. The molecular formula is C21H23N5O2. The molecule has 1 saturated carbocycles.